The van der Waals surface area contributed by atoms with Gasteiger partial charge < -0.3 is 11.2 Å². The molecule has 6 nitrogen and oxygen atoms in total. The van der Waals surface area contributed by atoms with Crippen LogP contribution in [0.5, 0.6) is 0 Å². The molecule has 25 heavy (non-hydrogen) atoms. The van der Waals surface area contributed by atoms with Gasteiger partial charge in [0.15, 0.2) is 5.82 Å². The second kappa shape index (κ2) is 7.71. The van der Waals surface area contributed by atoms with Crippen molar-refractivity contribution in [1.82, 2.24) is 14.9 Å². The molecule has 0 spiro atoms. The van der Waals surface area contributed by atoms with Crippen molar-refractivity contribution >= 4 is 39.3 Å². The Bertz CT molecular complexity index is 894. The minimum Gasteiger partial charge on any atom is -0.335 e. The number of nitrogens with zero attached hydrogens (tertiary/aromatic N) is 3. The van der Waals surface area contributed by atoms with Crippen LogP contribution < -0.4 is 11.2 Å². The van der Waals surface area contributed by atoms with E-state index in [1.165, 1.54) is 16.4 Å². The molecule has 3 N–H and O–H groups in total. The Kier molecular flexibility index (Phi) is 5.40. The summed E-state index contributed by atoms with van der Waals surface area (Å²) in [6.45, 7) is 1.95. The third-order valence-electron chi connectivity index (χ3n) is 3.52. The number of para-hydroxylation sites is 1. The molecule has 1 aromatic heterocycles. The maximum absolute atomic E-state index is 12.1. The van der Waals surface area contributed by atoms with Crippen molar-refractivity contribution in [3.05, 3.63) is 58.6 Å². The molecule has 0 atom stereocenters. The number of nitrogens with one attached hydrogen (secondary N) is 1. The van der Waals surface area contributed by atoms with Crippen molar-refractivity contribution in [2.24, 2.45) is 0 Å². The standard InChI is InChI=1S/C17H16BrN5OS/c1-11-4-2-3-5-14(11)20-15(24)10-25-17-22-21-16(23(17)19)12-6-8-13(18)9-7-12/h2-9H,10,19H2,1H3,(H,20,24). The number of hydrogen-bond acceptors (Lipinski definition) is 5. The van der Waals surface area contributed by atoms with Gasteiger partial charge in [-0.2, -0.15) is 0 Å². The number of thioether (sulfide) groups is 1. The fraction of sp³-hybridized carbons (Fsp3) is 0.118. The molecular formula is C17H16BrN5OS. The maximum Gasteiger partial charge on any atom is 0.234 e. The highest BCUT2D eigenvalue weighted by molar-refractivity contribution is 9.10. The first-order chi connectivity index (χ1) is 12.0. The molecule has 0 fully saturated rings. The Balaban J connectivity index is 1.65. The SMILES string of the molecule is Cc1ccccc1NC(=O)CSc1nnc(-c2ccc(Br)cc2)n1N. The van der Waals surface area contributed by atoms with E-state index in [-0.39, 0.29) is 11.7 Å². The number of carbonyl (C=O) groups excluding carboxylic acids is 1. The molecule has 1 heterocycles. The lowest BCUT2D eigenvalue weighted by Gasteiger charge is -2.07. The van der Waals surface area contributed by atoms with Crippen LogP contribution in [0.3, 0.4) is 0 Å². The van der Waals surface area contributed by atoms with Gasteiger partial charge in [-0.3, -0.25) is 4.79 Å². The fourth-order valence-corrected chi connectivity index (χ4v) is 3.12. The van der Waals surface area contributed by atoms with E-state index in [1.54, 1.807) is 0 Å². The number of aryl methyl sites for hydroxylation is 1. The van der Waals surface area contributed by atoms with Gasteiger partial charge >= 0.3 is 0 Å². The van der Waals surface area contributed by atoms with Gasteiger partial charge in [0, 0.05) is 15.7 Å². The lowest BCUT2D eigenvalue weighted by atomic mass is 10.2. The lowest BCUT2D eigenvalue weighted by molar-refractivity contribution is -0.113. The summed E-state index contributed by atoms with van der Waals surface area (Å²) in [5, 5.41) is 11.5. The zero-order valence-electron chi connectivity index (χ0n) is 13.4. The van der Waals surface area contributed by atoms with E-state index in [0.29, 0.717) is 11.0 Å². The van der Waals surface area contributed by atoms with Crippen LogP contribution in [0.25, 0.3) is 11.4 Å². The van der Waals surface area contributed by atoms with Crippen LogP contribution in [0, 0.1) is 6.92 Å². The maximum atomic E-state index is 12.1. The molecule has 3 aromatic rings. The second-order valence-electron chi connectivity index (χ2n) is 5.33. The van der Waals surface area contributed by atoms with E-state index in [9.17, 15) is 4.79 Å². The van der Waals surface area contributed by atoms with Gasteiger partial charge in [-0.05, 0) is 30.7 Å². The molecule has 0 unspecified atom stereocenters. The first kappa shape index (κ1) is 17.5. The molecule has 1 amide bonds. The van der Waals surface area contributed by atoms with E-state index < -0.39 is 0 Å². The predicted octanol–water partition coefficient (Wildman–Crippen LogP) is 3.46. The van der Waals surface area contributed by atoms with Crippen molar-refractivity contribution in [3.8, 4) is 11.4 Å². The van der Waals surface area contributed by atoms with Gasteiger partial charge in [-0.25, -0.2) is 4.68 Å². The summed E-state index contributed by atoms with van der Waals surface area (Å²) in [5.74, 6) is 6.69. The highest BCUT2D eigenvalue weighted by Gasteiger charge is 2.14. The number of nitrogens with two attached hydrogens (primary N) is 1. The Morgan fingerprint density at radius 2 is 1.92 bits per heavy atom. The van der Waals surface area contributed by atoms with Crippen molar-refractivity contribution in [2.45, 2.75) is 12.1 Å². The van der Waals surface area contributed by atoms with E-state index >= 15 is 0 Å². The van der Waals surface area contributed by atoms with E-state index in [0.717, 1.165) is 21.3 Å². The fourth-order valence-electron chi connectivity index (χ4n) is 2.20. The van der Waals surface area contributed by atoms with Crippen LogP contribution in [0.2, 0.25) is 0 Å². The molecule has 0 bridgehead atoms. The van der Waals surface area contributed by atoms with Crippen molar-refractivity contribution in [1.29, 1.82) is 0 Å². The third-order valence-corrected chi connectivity index (χ3v) is 4.99. The zero-order valence-corrected chi connectivity index (χ0v) is 15.8. The van der Waals surface area contributed by atoms with Gasteiger partial charge in [-0.1, -0.05) is 58.0 Å². The van der Waals surface area contributed by atoms with Gasteiger partial charge in [0.05, 0.1) is 5.75 Å². The summed E-state index contributed by atoms with van der Waals surface area (Å²) in [5.41, 5.74) is 2.67. The Labute approximate surface area is 157 Å². The van der Waals surface area contributed by atoms with Crippen LogP contribution in [-0.2, 0) is 4.79 Å². The van der Waals surface area contributed by atoms with Crippen LogP contribution in [0.1, 0.15) is 5.56 Å². The summed E-state index contributed by atoms with van der Waals surface area (Å²) < 4.78 is 2.37. The third kappa shape index (κ3) is 4.21. The predicted molar refractivity (Wildman–Crippen MR) is 104 cm³/mol. The average Bonchev–Trinajstić information content (AvgIpc) is 2.97. The van der Waals surface area contributed by atoms with Crippen molar-refractivity contribution in [2.75, 3.05) is 16.9 Å². The topological polar surface area (TPSA) is 85.8 Å². The zero-order chi connectivity index (χ0) is 17.8. The van der Waals surface area contributed by atoms with Gasteiger partial charge in [0.2, 0.25) is 11.1 Å². The molecular weight excluding hydrogens is 402 g/mol. The number of halogens is 1. The summed E-state index contributed by atoms with van der Waals surface area (Å²) in [6, 6.07) is 15.3. The Morgan fingerprint density at radius 1 is 1.20 bits per heavy atom. The highest BCUT2D eigenvalue weighted by Crippen LogP contribution is 2.23. The molecule has 0 aliphatic heterocycles. The monoisotopic (exact) mass is 417 g/mol. The summed E-state index contributed by atoms with van der Waals surface area (Å²) in [7, 11) is 0. The van der Waals surface area contributed by atoms with E-state index in [4.69, 9.17) is 5.84 Å². The molecule has 0 aliphatic rings. The number of rotatable bonds is 5. The molecule has 0 saturated carbocycles. The Hall–Kier alpha value is -2.32. The number of anilines is 1. The largest absolute Gasteiger partial charge is 0.335 e. The van der Waals surface area contributed by atoms with Crippen molar-refractivity contribution in [3.63, 3.8) is 0 Å². The molecule has 0 radical (unpaired) electrons. The first-order valence-corrected chi connectivity index (χ1v) is 9.27. The first-order valence-electron chi connectivity index (χ1n) is 7.49. The van der Waals surface area contributed by atoms with Crippen molar-refractivity contribution < 1.29 is 4.79 Å². The molecule has 8 heteroatoms. The molecule has 128 valence electrons. The average molecular weight is 418 g/mol. The smallest absolute Gasteiger partial charge is 0.234 e. The van der Waals surface area contributed by atoms with Crippen LogP contribution >= 0.6 is 27.7 Å². The molecule has 3 rings (SSSR count). The number of amides is 1. The van der Waals surface area contributed by atoms with Crippen LogP contribution in [-0.4, -0.2) is 26.5 Å². The van der Waals surface area contributed by atoms with Gasteiger partial charge in [0.25, 0.3) is 0 Å². The number of hydrogen-bond donors (Lipinski definition) is 2. The quantitative estimate of drug-likeness (QED) is 0.490. The minimum atomic E-state index is -0.118. The summed E-state index contributed by atoms with van der Waals surface area (Å²) >= 11 is 4.63. The number of nitrogen functional groups attached to an aromatic ring is 1. The normalized spacial score (nSPS) is 10.6. The second-order valence-corrected chi connectivity index (χ2v) is 7.19. The number of carbonyl (C=O) groups is 1. The summed E-state index contributed by atoms with van der Waals surface area (Å²) in [6.07, 6.45) is 0. The molecule has 0 aliphatic carbocycles. The van der Waals surface area contributed by atoms with Gasteiger partial charge in [0.1, 0.15) is 0 Å². The Morgan fingerprint density at radius 3 is 2.64 bits per heavy atom. The van der Waals surface area contributed by atoms with Gasteiger partial charge in [-0.15, -0.1) is 10.2 Å². The number of benzene rings is 2. The molecule has 2 aromatic carbocycles. The van der Waals surface area contributed by atoms with E-state index in [1.807, 2.05) is 55.5 Å². The number of aromatic nitrogens is 3. The van der Waals surface area contributed by atoms with Crippen LogP contribution in [0.4, 0.5) is 5.69 Å². The van der Waals surface area contributed by atoms with E-state index in [2.05, 4.69) is 31.4 Å². The lowest BCUT2D eigenvalue weighted by Crippen LogP contribution is -2.16. The minimum absolute atomic E-state index is 0.118. The highest BCUT2D eigenvalue weighted by atomic mass is 79.9. The molecule has 0 saturated heterocycles. The summed E-state index contributed by atoms with van der Waals surface area (Å²) in [4.78, 5) is 12.1. The van der Waals surface area contributed by atoms with Crippen LogP contribution in [0.15, 0.2) is 58.2 Å².